The van der Waals surface area contributed by atoms with E-state index in [-0.39, 0.29) is 54.8 Å². The highest BCUT2D eigenvalue weighted by atomic mass is 35.5. The molecule has 0 saturated carbocycles. The van der Waals surface area contributed by atoms with Gasteiger partial charge in [0.2, 0.25) is 0 Å². The van der Waals surface area contributed by atoms with Crippen molar-refractivity contribution in [3.63, 3.8) is 0 Å². The maximum absolute atomic E-state index is 12.3. The molecule has 12 nitrogen and oxygen atoms in total. The predicted molar refractivity (Wildman–Crippen MR) is 189 cm³/mol. The number of nitrogens with one attached hydrogen (secondary N) is 2. The van der Waals surface area contributed by atoms with Crippen LogP contribution in [0.2, 0.25) is 20.1 Å². The van der Waals surface area contributed by atoms with Crippen molar-refractivity contribution in [2.24, 2.45) is 0 Å². The minimum Gasteiger partial charge on any atom is -0.464 e. The molecule has 2 aromatic heterocycles. The standard InChI is InChI=1S/C13H10Cl2N2O3.C7H3Cl3O.C6H15N.C5H7N3O2/c1-20-13(19)12-7(6-16-17-12)5-10(18)11-8(14)3-2-4-9(11)15;8-4-2-1-3-5(9)6(4)7(10)11;1-4-7(5-2)6-3;1-10-5(9)4-3(6)2-7-8-4/h2-4,6H,5H2,1H3,(H,16,17);1-3H;4-6H2,1-3H3;2H,6H2,1H3,(H,7,8). The predicted octanol–water partition coefficient (Wildman–Crippen LogP) is 7.43. The number of benzene rings is 2. The summed E-state index contributed by atoms with van der Waals surface area (Å²) < 4.78 is 8.98. The molecule has 0 aliphatic carbocycles. The number of H-pyrrole nitrogens is 2. The van der Waals surface area contributed by atoms with Gasteiger partial charge in [0.1, 0.15) is 5.69 Å². The lowest BCUT2D eigenvalue weighted by atomic mass is 10.0. The monoisotopic (exact) mass is 762 g/mol. The summed E-state index contributed by atoms with van der Waals surface area (Å²) in [6.07, 6.45) is 2.70. The maximum Gasteiger partial charge on any atom is 0.358 e. The fraction of sp³-hybridized carbons (Fsp3) is 0.290. The van der Waals surface area contributed by atoms with Crippen molar-refractivity contribution in [3.05, 3.63) is 97.0 Å². The van der Waals surface area contributed by atoms with Crippen LogP contribution < -0.4 is 5.73 Å². The number of hydrogen-bond donors (Lipinski definition) is 3. The fourth-order valence-electron chi connectivity index (χ4n) is 3.67. The molecule has 2 aromatic carbocycles. The number of aromatic nitrogens is 4. The molecule has 0 aliphatic heterocycles. The van der Waals surface area contributed by atoms with Crippen LogP contribution in [0.5, 0.6) is 0 Å². The Balaban J connectivity index is 0.000000350. The Hall–Kier alpha value is -3.65. The molecule has 4 rings (SSSR count). The highest BCUT2D eigenvalue weighted by molar-refractivity contribution is 6.69. The number of aromatic amines is 2. The molecule has 0 spiro atoms. The molecule has 4 aromatic rings. The summed E-state index contributed by atoms with van der Waals surface area (Å²) in [6, 6.07) is 9.58. The minimum absolute atomic E-state index is 0.0512. The van der Waals surface area contributed by atoms with Gasteiger partial charge in [-0.2, -0.15) is 10.2 Å². The third-order valence-electron chi connectivity index (χ3n) is 6.26. The second-order valence-electron chi connectivity index (χ2n) is 9.14. The van der Waals surface area contributed by atoms with Crippen LogP contribution in [0.1, 0.15) is 68.0 Å². The third kappa shape index (κ3) is 13.1. The highest BCUT2D eigenvalue weighted by Crippen LogP contribution is 2.27. The SMILES string of the molecule is CCN(CC)CC.COC(=O)c1[nH]ncc1CC(=O)c1c(Cl)cccc1Cl.COC(=O)c1[nH]ncc1N.O=C(Cl)c1c(Cl)cccc1Cl. The minimum atomic E-state index is -0.638. The molecule has 0 saturated heterocycles. The van der Waals surface area contributed by atoms with Gasteiger partial charge >= 0.3 is 11.9 Å². The first-order chi connectivity index (χ1) is 22.8. The Morgan fingerprint density at radius 3 is 1.50 bits per heavy atom. The van der Waals surface area contributed by atoms with Crippen LogP contribution in [0, 0.1) is 0 Å². The van der Waals surface area contributed by atoms with E-state index in [9.17, 15) is 19.2 Å². The van der Waals surface area contributed by atoms with E-state index >= 15 is 0 Å². The Morgan fingerprint density at radius 1 is 0.729 bits per heavy atom. The number of nitrogen functional groups attached to an aromatic ring is 1. The van der Waals surface area contributed by atoms with Crippen LogP contribution in [0.25, 0.3) is 0 Å². The number of halogens is 5. The number of carbonyl (C=O) groups is 4. The average molecular weight is 765 g/mol. The lowest BCUT2D eigenvalue weighted by Gasteiger charge is -2.13. The summed E-state index contributed by atoms with van der Waals surface area (Å²) in [4.78, 5) is 47.5. The van der Waals surface area contributed by atoms with Gasteiger partial charge in [0, 0.05) is 12.0 Å². The lowest BCUT2D eigenvalue weighted by molar-refractivity contribution is 0.0585. The zero-order valence-corrected chi connectivity index (χ0v) is 30.5. The summed E-state index contributed by atoms with van der Waals surface area (Å²) >= 11 is 28.4. The first kappa shape index (κ1) is 42.4. The van der Waals surface area contributed by atoms with Gasteiger partial charge in [-0.25, -0.2) is 9.59 Å². The van der Waals surface area contributed by atoms with Crippen molar-refractivity contribution in [2.75, 3.05) is 39.6 Å². The molecule has 4 N–H and O–H groups in total. The lowest BCUT2D eigenvalue weighted by Crippen LogP contribution is -2.21. The molecule has 0 amide bonds. The quantitative estimate of drug-likeness (QED) is 0.0884. The Labute approximate surface area is 303 Å². The van der Waals surface area contributed by atoms with Gasteiger partial charge in [-0.1, -0.05) is 79.3 Å². The number of Topliss-reactive ketones (excluding diaryl/α,β-unsaturated/α-hetero) is 1. The summed E-state index contributed by atoms with van der Waals surface area (Å²) in [5, 5.41) is 12.6. The number of carbonyl (C=O) groups excluding carboxylic acids is 4. The average Bonchev–Trinajstić information content (AvgIpc) is 3.70. The zero-order valence-electron chi connectivity index (χ0n) is 26.7. The molecule has 0 bridgehead atoms. The van der Waals surface area contributed by atoms with Crippen molar-refractivity contribution in [2.45, 2.75) is 27.2 Å². The molecule has 0 fully saturated rings. The Kier molecular flexibility index (Phi) is 19.5. The van der Waals surface area contributed by atoms with E-state index in [1.165, 1.54) is 46.2 Å². The molecular formula is C31H35Cl5N6O6. The molecule has 0 atom stereocenters. The van der Waals surface area contributed by atoms with E-state index < -0.39 is 17.2 Å². The van der Waals surface area contributed by atoms with Crippen LogP contribution in [-0.2, 0) is 15.9 Å². The molecule has 0 unspecified atom stereocenters. The number of nitrogens with two attached hydrogens (primary N) is 1. The van der Waals surface area contributed by atoms with E-state index in [4.69, 9.17) is 63.7 Å². The van der Waals surface area contributed by atoms with Gasteiger partial charge in [0.15, 0.2) is 11.5 Å². The van der Waals surface area contributed by atoms with Crippen molar-refractivity contribution < 1.29 is 28.7 Å². The van der Waals surface area contributed by atoms with Gasteiger partial charge in [-0.05, 0) is 55.5 Å². The van der Waals surface area contributed by atoms with Crippen molar-refractivity contribution in [1.29, 1.82) is 0 Å². The van der Waals surface area contributed by atoms with E-state index in [1.807, 2.05) is 0 Å². The number of esters is 2. The number of hydrogen-bond acceptors (Lipinski definition) is 10. The molecule has 48 heavy (non-hydrogen) atoms. The topological polar surface area (TPSA) is 173 Å². The molecule has 2 heterocycles. The normalized spacial score (nSPS) is 9.98. The van der Waals surface area contributed by atoms with Crippen molar-refractivity contribution in [1.82, 2.24) is 25.3 Å². The van der Waals surface area contributed by atoms with Gasteiger partial charge < -0.3 is 20.1 Å². The molecule has 260 valence electrons. The van der Waals surface area contributed by atoms with Crippen LogP contribution >= 0.6 is 58.0 Å². The largest absolute Gasteiger partial charge is 0.464 e. The van der Waals surface area contributed by atoms with Gasteiger partial charge in [0.25, 0.3) is 5.24 Å². The van der Waals surface area contributed by atoms with Gasteiger partial charge in [-0.3, -0.25) is 19.8 Å². The molecule has 0 radical (unpaired) electrons. The summed E-state index contributed by atoms with van der Waals surface area (Å²) in [6.45, 7) is 10.1. The fourth-order valence-corrected chi connectivity index (χ4v) is 5.14. The van der Waals surface area contributed by atoms with E-state index in [2.05, 4.69) is 55.5 Å². The second-order valence-corrected chi connectivity index (χ2v) is 11.1. The number of ketones is 1. The van der Waals surface area contributed by atoms with E-state index in [1.54, 1.807) is 36.4 Å². The Bertz CT molecular complexity index is 1610. The van der Waals surface area contributed by atoms with E-state index in [0.717, 1.165) is 0 Å². The number of nitrogens with zero attached hydrogens (tertiary/aromatic N) is 3. The van der Waals surface area contributed by atoms with Crippen molar-refractivity contribution >= 4 is 86.7 Å². The number of methoxy groups -OCH3 is 2. The summed E-state index contributed by atoms with van der Waals surface area (Å²) in [5.41, 5.74) is 6.78. The maximum atomic E-state index is 12.3. The summed E-state index contributed by atoms with van der Waals surface area (Å²) in [5.74, 6) is -1.39. The smallest absolute Gasteiger partial charge is 0.358 e. The first-order valence-electron chi connectivity index (χ1n) is 14.1. The highest BCUT2D eigenvalue weighted by Gasteiger charge is 2.20. The zero-order chi connectivity index (χ0) is 36.4. The Morgan fingerprint density at radius 2 is 1.15 bits per heavy atom. The van der Waals surface area contributed by atoms with E-state index in [0.29, 0.717) is 11.3 Å². The van der Waals surface area contributed by atoms with Crippen LogP contribution in [0.3, 0.4) is 0 Å². The van der Waals surface area contributed by atoms with Crippen LogP contribution in [-0.4, -0.2) is 82.1 Å². The molecular weight excluding hydrogens is 730 g/mol. The number of ether oxygens (including phenoxy) is 2. The van der Waals surface area contributed by atoms with Gasteiger partial charge in [0.05, 0.1) is 63.5 Å². The summed E-state index contributed by atoms with van der Waals surface area (Å²) in [7, 11) is 2.53. The number of anilines is 1. The third-order valence-corrected chi connectivity index (χ3v) is 7.71. The van der Waals surface area contributed by atoms with Gasteiger partial charge in [-0.15, -0.1) is 0 Å². The van der Waals surface area contributed by atoms with Crippen molar-refractivity contribution in [3.8, 4) is 0 Å². The van der Waals surface area contributed by atoms with Crippen LogP contribution in [0.15, 0.2) is 48.8 Å². The first-order valence-corrected chi connectivity index (χ1v) is 16.0. The van der Waals surface area contributed by atoms with Crippen LogP contribution in [0.4, 0.5) is 5.69 Å². The molecule has 17 heteroatoms. The second kappa shape index (κ2) is 22.1. The number of rotatable bonds is 9. The molecule has 0 aliphatic rings.